The molecule has 0 aliphatic rings. The molecule has 2 atom stereocenters. The van der Waals surface area contributed by atoms with E-state index in [-0.39, 0.29) is 6.04 Å². The Morgan fingerprint density at radius 2 is 2.44 bits per heavy atom. The zero-order valence-electron chi connectivity index (χ0n) is 9.97. The van der Waals surface area contributed by atoms with Crippen LogP contribution >= 0.6 is 0 Å². The number of methoxy groups -OCH3 is 1. The van der Waals surface area contributed by atoms with Gasteiger partial charge < -0.3 is 14.6 Å². The second-order valence-electron chi connectivity index (χ2n) is 3.67. The number of hydrogen-bond acceptors (Lipinski definition) is 4. The van der Waals surface area contributed by atoms with Crippen LogP contribution in [0.2, 0.25) is 0 Å². The van der Waals surface area contributed by atoms with E-state index in [4.69, 9.17) is 4.74 Å². The van der Waals surface area contributed by atoms with E-state index in [2.05, 4.69) is 17.2 Å². The normalized spacial score (nSPS) is 14.7. The highest BCUT2D eigenvalue weighted by atomic mass is 32.2. The fourth-order valence-electron chi connectivity index (χ4n) is 1.43. The third kappa shape index (κ3) is 3.94. The van der Waals surface area contributed by atoms with Gasteiger partial charge in [-0.05, 0) is 6.92 Å². The van der Waals surface area contributed by atoms with Crippen molar-refractivity contribution in [1.82, 2.24) is 9.55 Å². The van der Waals surface area contributed by atoms with E-state index in [1.807, 2.05) is 10.8 Å². The lowest BCUT2D eigenvalue weighted by Crippen LogP contribution is -2.17. The molecule has 0 fully saturated rings. The molecule has 1 N–H and O–H groups in total. The lowest BCUT2D eigenvalue weighted by Gasteiger charge is -2.15. The van der Waals surface area contributed by atoms with Gasteiger partial charge in [-0.15, -0.1) is 0 Å². The maximum Gasteiger partial charge on any atom is 0.203 e. The van der Waals surface area contributed by atoms with Crippen LogP contribution in [0.4, 0.5) is 5.95 Å². The number of hydrogen-bond donors (Lipinski definition) is 1. The smallest absolute Gasteiger partial charge is 0.203 e. The Kier molecular flexibility index (Phi) is 5.48. The summed E-state index contributed by atoms with van der Waals surface area (Å²) >= 11 is 0. The van der Waals surface area contributed by atoms with E-state index in [1.54, 1.807) is 19.6 Å². The minimum atomic E-state index is -0.772. The third-order valence-corrected chi connectivity index (χ3v) is 3.00. The molecular weight excluding hydrogens is 226 g/mol. The first-order chi connectivity index (χ1) is 7.65. The van der Waals surface area contributed by atoms with Crippen molar-refractivity contribution in [2.24, 2.45) is 0 Å². The van der Waals surface area contributed by atoms with E-state index >= 15 is 0 Å². The Balaban J connectivity index is 2.53. The molecule has 0 aliphatic heterocycles. The number of ether oxygens (including phenoxy) is 1. The van der Waals surface area contributed by atoms with Crippen molar-refractivity contribution >= 4 is 16.7 Å². The highest BCUT2D eigenvalue weighted by Gasteiger charge is 2.08. The molecule has 1 aromatic heterocycles. The van der Waals surface area contributed by atoms with Gasteiger partial charge in [-0.1, -0.05) is 0 Å². The van der Waals surface area contributed by atoms with Gasteiger partial charge in [0.05, 0.1) is 12.6 Å². The van der Waals surface area contributed by atoms with Gasteiger partial charge in [-0.25, -0.2) is 4.98 Å². The summed E-state index contributed by atoms with van der Waals surface area (Å²) in [6.07, 6.45) is 5.36. The second kappa shape index (κ2) is 6.65. The molecule has 0 bridgehead atoms. The molecular formula is C10H19N3O2S. The first kappa shape index (κ1) is 13.2. The Morgan fingerprint density at radius 3 is 3.06 bits per heavy atom. The summed E-state index contributed by atoms with van der Waals surface area (Å²) in [7, 11) is 0.909. The van der Waals surface area contributed by atoms with E-state index < -0.39 is 10.8 Å². The predicted molar refractivity (Wildman–Crippen MR) is 66.2 cm³/mol. The SMILES string of the molecule is COCC(C)n1ccnc1NCCS(C)=O. The number of imidazole rings is 1. The largest absolute Gasteiger partial charge is 0.383 e. The molecule has 6 heteroatoms. The number of anilines is 1. The third-order valence-electron chi connectivity index (χ3n) is 2.22. The van der Waals surface area contributed by atoms with E-state index in [0.29, 0.717) is 18.9 Å². The van der Waals surface area contributed by atoms with Crippen LogP contribution in [0.25, 0.3) is 0 Å². The Labute approximate surface area is 98.7 Å². The van der Waals surface area contributed by atoms with Crippen molar-refractivity contribution in [2.75, 3.05) is 37.6 Å². The minimum absolute atomic E-state index is 0.238. The number of aromatic nitrogens is 2. The molecule has 0 aromatic carbocycles. The molecule has 0 saturated carbocycles. The molecule has 1 rings (SSSR count). The maximum absolute atomic E-state index is 10.9. The lowest BCUT2D eigenvalue weighted by molar-refractivity contribution is 0.163. The summed E-state index contributed by atoms with van der Waals surface area (Å²) < 4.78 is 18.0. The van der Waals surface area contributed by atoms with E-state index in [1.165, 1.54) is 0 Å². The maximum atomic E-state index is 10.9. The quantitative estimate of drug-likeness (QED) is 0.775. The second-order valence-corrected chi connectivity index (χ2v) is 5.22. The molecule has 0 spiro atoms. The van der Waals surface area contributed by atoms with Crippen LogP contribution in [0.5, 0.6) is 0 Å². The van der Waals surface area contributed by atoms with Crippen LogP contribution in [0.15, 0.2) is 12.4 Å². The zero-order valence-corrected chi connectivity index (χ0v) is 10.8. The van der Waals surface area contributed by atoms with Crippen LogP contribution in [0.3, 0.4) is 0 Å². The van der Waals surface area contributed by atoms with Crippen molar-refractivity contribution in [1.29, 1.82) is 0 Å². The fourth-order valence-corrected chi connectivity index (χ4v) is 1.82. The van der Waals surface area contributed by atoms with Crippen LogP contribution in [0.1, 0.15) is 13.0 Å². The van der Waals surface area contributed by atoms with Gasteiger partial charge in [-0.3, -0.25) is 4.21 Å². The average molecular weight is 245 g/mol. The molecule has 92 valence electrons. The van der Waals surface area contributed by atoms with Crippen molar-refractivity contribution in [3.8, 4) is 0 Å². The summed E-state index contributed by atoms with van der Waals surface area (Å²) in [6, 6.07) is 0.238. The summed E-state index contributed by atoms with van der Waals surface area (Å²) in [6.45, 7) is 3.37. The fraction of sp³-hybridized carbons (Fsp3) is 0.700. The molecule has 1 heterocycles. The highest BCUT2D eigenvalue weighted by molar-refractivity contribution is 7.84. The number of nitrogens with one attached hydrogen (secondary N) is 1. The Bertz CT molecular complexity index is 341. The molecule has 16 heavy (non-hydrogen) atoms. The van der Waals surface area contributed by atoms with Crippen molar-refractivity contribution < 1.29 is 8.95 Å². The number of rotatable bonds is 7. The highest BCUT2D eigenvalue weighted by Crippen LogP contribution is 2.13. The molecule has 2 unspecified atom stereocenters. The average Bonchev–Trinajstić information content (AvgIpc) is 2.66. The summed E-state index contributed by atoms with van der Waals surface area (Å²) in [5.74, 6) is 1.43. The van der Waals surface area contributed by atoms with Crippen LogP contribution < -0.4 is 5.32 Å². The van der Waals surface area contributed by atoms with Crippen LogP contribution in [-0.4, -0.2) is 46.0 Å². The standard InChI is InChI=1S/C10H19N3O2S/c1-9(8-15-2)13-6-4-11-10(13)12-5-7-16(3)14/h4,6,9H,5,7-8H2,1-3H3,(H,11,12). The summed E-state index contributed by atoms with van der Waals surface area (Å²) in [4.78, 5) is 4.21. The van der Waals surface area contributed by atoms with Crippen LogP contribution in [0, 0.1) is 0 Å². The summed E-state index contributed by atoms with van der Waals surface area (Å²) in [5, 5.41) is 3.17. The summed E-state index contributed by atoms with van der Waals surface area (Å²) in [5.41, 5.74) is 0. The Morgan fingerprint density at radius 1 is 1.69 bits per heavy atom. The first-order valence-corrected chi connectivity index (χ1v) is 6.93. The van der Waals surface area contributed by atoms with E-state index in [9.17, 15) is 4.21 Å². The monoisotopic (exact) mass is 245 g/mol. The van der Waals surface area contributed by atoms with Gasteiger partial charge in [0.1, 0.15) is 0 Å². The Hall–Kier alpha value is -0.880. The molecule has 5 nitrogen and oxygen atoms in total. The van der Waals surface area contributed by atoms with Gasteiger partial charge in [0.25, 0.3) is 0 Å². The van der Waals surface area contributed by atoms with Gasteiger partial charge in [-0.2, -0.15) is 0 Å². The molecule has 0 aliphatic carbocycles. The predicted octanol–water partition coefficient (Wildman–Crippen LogP) is 0.881. The zero-order chi connectivity index (χ0) is 12.0. The molecule has 0 radical (unpaired) electrons. The van der Waals surface area contributed by atoms with Gasteiger partial charge in [0, 0.05) is 48.9 Å². The van der Waals surface area contributed by atoms with E-state index in [0.717, 1.165) is 5.95 Å². The topological polar surface area (TPSA) is 56.1 Å². The van der Waals surface area contributed by atoms with Gasteiger partial charge >= 0.3 is 0 Å². The lowest BCUT2D eigenvalue weighted by atomic mass is 10.3. The molecule has 0 amide bonds. The molecule has 0 saturated heterocycles. The van der Waals surface area contributed by atoms with Gasteiger partial charge in [0.15, 0.2) is 0 Å². The van der Waals surface area contributed by atoms with Gasteiger partial charge in [0.2, 0.25) is 5.95 Å². The molecule has 1 aromatic rings. The minimum Gasteiger partial charge on any atom is -0.383 e. The van der Waals surface area contributed by atoms with Crippen molar-refractivity contribution in [3.63, 3.8) is 0 Å². The van der Waals surface area contributed by atoms with Crippen molar-refractivity contribution in [3.05, 3.63) is 12.4 Å². The van der Waals surface area contributed by atoms with Crippen LogP contribution in [-0.2, 0) is 15.5 Å². The number of nitrogens with zero attached hydrogens (tertiary/aromatic N) is 2. The van der Waals surface area contributed by atoms with Crippen molar-refractivity contribution in [2.45, 2.75) is 13.0 Å². The first-order valence-electron chi connectivity index (χ1n) is 5.20.